The fourth-order valence-corrected chi connectivity index (χ4v) is 6.05. The molecule has 30 heavy (non-hydrogen) atoms. The van der Waals surface area contributed by atoms with Crippen LogP contribution < -0.4 is 5.56 Å². The Bertz CT molecular complexity index is 1280. The molecule has 0 unspecified atom stereocenters. The van der Waals surface area contributed by atoms with Gasteiger partial charge in [-0.3, -0.25) is 9.59 Å². The summed E-state index contributed by atoms with van der Waals surface area (Å²) >= 11 is 1.66. The molecule has 0 saturated carbocycles. The van der Waals surface area contributed by atoms with Gasteiger partial charge < -0.3 is 13.9 Å². The number of fused-ring (bicyclic) bond motifs is 5. The number of carbonyl (C=O) groups is 1. The molecule has 2 aliphatic heterocycles. The zero-order valence-electron chi connectivity index (χ0n) is 16.3. The second kappa shape index (κ2) is 6.71. The molecule has 4 aromatic rings. The van der Waals surface area contributed by atoms with Crippen LogP contribution in [0.4, 0.5) is 0 Å². The van der Waals surface area contributed by atoms with Crippen LogP contribution in [-0.2, 0) is 6.54 Å². The normalized spacial score (nSPS) is 20.3. The van der Waals surface area contributed by atoms with Gasteiger partial charge in [0.05, 0.1) is 11.8 Å². The molecule has 6 rings (SSSR count). The van der Waals surface area contributed by atoms with Crippen LogP contribution in [0.15, 0.2) is 70.1 Å². The number of hydrogen-bond acceptors (Lipinski definition) is 4. The van der Waals surface area contributed by atoms with E-state index in [9.17, 15) is 9.59 Å². The van der Waals surface area contributed by atoms with Crippen molar-refractivity contribution in [3.63, 3.8) is 0 Å². The summed E-state index contributed by atoms with van der Waals surface area (Å²) in [6.07, 6.45) is 2.55. The first-order valence-electron chi connectivity index (χ1n) is 10.2. The summed E-state index contributed by atoms with van der Waals surface area (Å²) in [4.78, 5) is 29.1. The van der Waals surface area contributed by atoms with Crippen molar-refractivity contribution >= 4 is 27.3 Å². The van der Waals surface area contributed by atoms with E-state index >= 15 is 0 Å². The molecule has 1 aromatic carbocycles. The molecular formula is C24H20N2O3S. The van der Waals surface area contributed by atoms with E-state index in [0.29, 0.717) is 25.4 Å². The third-order valence-corrected chi connectivity index (χ3v) is 7.46. The lowest BCUT2D eigenvalue weighted by molar-refractivity contribution is 0.0564. The number of aromatic nitrogens is 1. The van der Waals surface area contributed by atoms with E-state index in [-0.39, 0.29) is 23.3 Å². The van der Waals surface area contributed by atoms with Crippen molar-refractivity contribution in [2.24, 2.45) is 5.92 Å². The van der Waals surface area contributed by atoms with Crippen molar-refractivity contribution in [2.75, 3.05) is 13.1 Å². The van der Waals surface area contributed by atoms with Gasteiger partial charge in [0, 0.05) is 40.8 Å². The highest BCUT2D eigenvalue weighted by atomic mass is 32.1. The predicted molar refractivity (Wildman–Crippen MR) is 117 cm³/mol. The van der Waals surface area contributed by atoms with Crippen molar-refractivity contribution in [1.29, 1.82) is 0 Å². The maximum Gasteiger partial charge on any atom is 0.289 e. The van der Waals surface area contributed by atoms with Crippen molar-refractivity contribution in [3.8, 4) is 10.4 Å². The van der Waals surface area contributed by atoms with Gasteiger partial charge in [-0.15, -0.1) is 11.3 Å². The number of rotatable bonds is 2. The molecule has 6 heteroatoms. The number of amides is 1. The first kappa shape index (κ1) is 17.7. The third kappa shape index (κ3) is 2.75. The van der Waals surface area contributed by atoms with Gasteiger partial charge in [-0.05, 0) is 54.1 Å². The fraction of sp³-hybridized carbons (Fsp3) is 0.250. The largest absolute Gasteiger partial charge is 0.459 e. The average molecular weight is 417 g/mol. The summed E-state index contributed by atoms with van der Waals surface area (Å²) < 4.78 is 8.45. The molecule has 0 aliphatic carbocycles. The molecule has 1 saturated heterocycles. The third-order valence-electron chi connectivity index (χ3n) is 6.31. The van der Waals surface area contributed by atoms with Crippen LogP contribution in [0.2, 0.25) is 0 Å². The van der Waals surface area contributed by atoms with E-state index in [0.717, 1.165) is 22.6 Å². The Hall–Kier alpha value is -3.12. The Balaban J connectivity index is 1.36. The smallest absolute Gasteiger partial charge is 0.289 e. The monoisotopic (exact) mass is 416 g/mol. The number of nitrogens with zero attached hydrogens (tertiary/aromatic N) is 2. The lowest BCUT2D eigenvalue weighted by Crippen LogP contribution is -2.49. The molecule has 1 fully saturated rings. The number of pyridine rings is 1. The van der Waals surface area contributed by atoms with Gasteiger partial charge in [-0.1, -0.05) is 18.2 Å². The minimum absolute atomic E-state index is 0.0626. The van der Waals surface area contributed by atoms with Gasteiger partial charge >= 0.3 is 0 Å². The van der Waals surface area contributed by atoms with Gasteiger partial charge in [0.2, 0.25) is 0 Å². The van der Waals surface area contributed by atoms with E-state index in [1.54, 1.807) is 23.5 Å². The maximum atomic E-state index is 13.4. The van der Waals surface area contributed by atoms with Gasteiger partial charge in [0.25, 0.3) is 11.5 Å². The highest BCUT2D eigenvalue weighted by molar-refractivity contribution is 7.22. The molecule has 2 atom stereocenters. The van der Waals surface area contributed by atoms with Crippen LogP contribution in [0.25, 0.3) is 20.5 Å². The Morgan fingerprint density at radius 3 is 2.77 bits per heavy atom. The Morgan fingerprint density at radius 2 is 1.93 bits per heavy atom. The highest BCUT2D eigenvalue weighted by Gasteiger charge is 2.37. The Labute approximate surface area is 177 Å². The molecule has 5 heterocycles. The van der Waals surface area contributed by atoms with Gasteiger partial charge in [0.15, 0.2) is 5.76 Å². The van der Waals surface area contributed by atoms with E-state index in [1.807, 2.05) is 27.7 Å². The van der Waals surface area contributed by atoms with Crippen molar-refractivity contribution in [3.05, 3.63) is 82.7 Å². The second-order valence-corrected chi connectivity index (χ2v) is 9.31. The number of piperidine rings is 1. The van der Waals surface area contributed by atoms with Crippen LogP contribution in [0, 0.1) is 5.92 Å². The highest BCUT2D eigenvalue weighted by Crippen LogP contribution is 2.37. The topological polar surface area (TPSA) is 55.5 Å². The van der Waals surface area contributed by atoms with Crippen molar-refractivity contribution in [2.45, 2.75) is 18.9 Å². The van der Waals surface area contributed by atoms with Gasteiger partial charge in [-0.25, -0.2) is 0 Å². The van der Waals surface area contributed by atoms with Crippen LogP contribution in [0.1, 0.15) is 28.6 Å². The minimum Gasteiger partial charge on any atom is -0.459 e. The summed E-state index contributed by atoms with van der Waals surface area (Å²) in [5.74, 6) is 0.783. The minimum atomic E-state index is -0.0626. The summed E-state index contributed by atoms with van der Waals surface area (Å²) in [7, 11) is 0. The molecule has 0 radical (unpaired) electrons. The molecular weight excluding hydrogens is 396 g/mol. The quantitative estimate of drug-likeness (QED) is 0.481. The van der Waals surface area contributed by atoms with E-state index in [2.05, 4.69) is 24.3 Å². The zero-order chi connectivity index (χ0) is 20.2. The van der Waals surface area contributed by atoms with Crippen LogP contribution in [0.5, 0.6) is 0 Å². The molecule has 1 amide bonds. The molecule has 2 bridgehead atoms. The number of thiophene rings is 1. The summed E-state index contributed by atoms with van der Waals surface area (Å²) in [6, 6.07) is 17.8. The fourth-order valence-electron chi connectivity index (χ4n) is 4.97. The first-order chi connectivity index (χ1) is 14.7. The van der Waals surface area contributed by atoms with E-state index < -0.39 is 0 Å². The van der Waals surface area contributed by atoms with Crippen LogP contribution in [0.3, 0.4) is 0 Å². The molecule has 5 nitrogen and oxygen atoms in total. The maximum absolute atomic E-state index is 13.4. The van der Waals surface area contributed by atoms with Gasteiger partial charge in [0.1, 0.15) is 0 Å². The molecule has 2 aliphatic rings. The summed E-state index contributed by atoms with van der Waals surface area (Å²) in [5, 5.41) is 1.17. The summed E-state index contributed by atoms with van der Waals surface area (Å²) in [6.45, 7) is 1.94. The number of furan rings is 1. The number of likely N-dealkylation sites (tertiary alicyclic amines) is 1. The van der Waals surface area contributed by atoms with Gasteiger partial charge in [-0.2, -0.15) is 0 Å². The standard InChI is InChI=1S/C24H20N2O3S/c27-23-18(22-11-16-4-1-2-6-21(16)30-22)7-8-19-17-10-15(13-26(19)23)12-25(14-17)24(28)20-5-3-9-29-20/h1-9,11,15,17H,10,12-14H2/t15-,17+/m0/s1. The van der Waals surface area contributed by atoms with E-state index in [4.69, 9.17) is 4.42 Å². The lowest BCUT2D eigenvalue weighted by atomic mass is 9.83. The Kier molecular flexibility index (Phi) is 3.96. The van der Waals surface area contributed by atoms with Crippen LogP contribution >= 0.6 is 11.3 Å². The van der Waals surface area contributed by atoms with E-state index in [1.165, 1.54) is 16.3 Å². The molecule has 0 N–H and O–H groups in total. The molecule has 150 valence electrons. The second-order valence-electron chi connectivity index (χ2n) is 8.22. The Morgan fingerprint density at radius 1 is 1.03 bits per heavy atom. The molecule has 3 aromatic heterocycles. The number of benzene rings is 1. The lowest BCUT2D eigenvalue weighted by Gasteiger charge is -2.42. The molecule has 0 spiro atoms. The first-order valence-corrected chi connectivity index (χ1v) is 11.0. The predicted octanol–water partition coefficient (Wildman–Crippen LogP) is 4.58. The van der Waals surface area contributed by atoms with Crippen molar-refractivity contribution in [1.82, 2.24) is 9.47 Å². The SMILES string of the molecule is O=C(c1ccco1)N1C[C@@H]2C[C@H](C1)c1ccc(-c3cc4ccccc4s3)c(=O)n1C2. The van der Waals surface area contributed by atoms with Crippen molar-refractivity contribution < 1.29 is 9.21 Å². The number of carbonyl (C=O) groups excluding carboxylic acids is 1. The average Bonchev–Trinajstić information content (AvgIpc) is 3.44. The number of hydrogen-bond donors (Lipinski definition) is 0. The zero-order valence-corrected chi connectivity index (χ0v) is 17.1. The van der Waals surface area contributed by atoms with Crippen LogP contribution in [-0.4, -0.2) is 28.5 Å². The summed E-state index contributed by atoms with van der Waals surface area (Å²) in [5.41, 5.74) is 1.89.